The number of β-amino-alcohol motifs (C(OH)–C–C–N with tert-alkyl or cyclic N) is 1. The van der Waals surface area contributed by atoms with Gasteiger partial charge in [-0.15, -0.1) is 0 Å². The first kappa shape index (κ1) is 14.9. The molecule has 2 atom stereocenters. The number of para-hydroxylation sites is 1. The highest BCUT2D eigenvalue weighted by molar-refractivity contribution is 7.89. The molecule has 2 rings (SSSR count). The first-order chi connectivity index (χ1) is 9.44. The fourth-order valence-electron chi connectivity index (χ4n) is 2.05. The number of nitrogens with one attached hydrogen (secondary N) is 3. The zero-order valence-corrected chi connectivity index (χ0v) is 11.8. The lowest BCUT2D eigenvalue weighted by molar-refractivity contribution is -0.117. The molecule has 20 heavy (non-hydrogen) atoms. The maximum atomic E-state index is 12.0. The molecule has 0 radical (unpaired) electrons. The van der Waals surface area contributed by atoms with Crippen molar-refractivity contribution in [3.63, 3.8) is 0 Å². The Hall–Kier alpha value is -1.48. The molecule has 1 aromatic rings. The van der Waals surface area contributed by atoms with E-state index in [0.717, 1.165) is 0 Å². The standard InChI is InChI=1S/C12H17N3O4S/c1-13-20(18,19)11-5-3-2-4-9(11)15-12(17)10-6-8(16)7-14-10/h2-5,8,10,13-14,16H,6-7H2,1H3,(H,15,17). The number of aliphatic hydroxyl groups is 1. The summed E-state index contributed by atoms with van der Waals surface area (Å²) >= 11 is 0. The van der Waals surface area contributed by atoms with Gasteiger partial charge in [0.15, 0.2) is 0 Å². The molecule has 0 saturated carbocycles. The fourth-order valence-corrected chi connectivity index (χ4v) is 2.94. The minimum absolute atomic E-state index is 0.00870. The van der Waals surface area contributed by atoms with E-state index in [2.05, 4.69) is 15.4 Å². The molecule has 8 heteroatoms. The van der Waals surface area contributed by atoms with Crippen LogP contribution in [0.1, 0.15) is 6.42 Å². The van der Waals surface area contributed by atoms with E-state index >= 15 is 0 Å². The Kier molecular flexibility index (Phi) is 4.39. The molecule has 1 aliphatic rings. The summed E-state index contributed by atoms with van der Waals surface area (Å²) in [7, 11) is -2.33. The number of hydrogen-bond acceptors (Lipinski definition) is 5. The number of sulfonamides is 1. The van der Waals surface area contributed by atoms with Crippen LogP contribution in [-0.4, -0.2) is 45.2 Å². The molecule has 1 fully saturated rings. The first-order valence-electron chi connectivity index (χ1n) is 6.19. The second kappa shape index (κ2) is 5.88. The quantitative estimate of drug-likeness (QED) is 0.585. The minimum Gasteiger partial charge on any atom is -0.392 e. The summed E-state index contributed by atoms with van der Waals surface area (Å²) in [5, 5.41) is 14.8. The van der Waals surface area contributed by atoms with Crippen LogP contribution in [-0.2, 0) is 14.8 Å². The summed E-state index contributed by atoms with van der Waals surface area (Å²) in [6.45, 7) is 0.356. The summed E-state index contributed by atoms with van der Waals surface area (Å²) < 4.78 is 25.9. The number of carbonyl (C=O) groups excluding carboxylic acids is 1. The number of benzene rings is 1. The van der Waals surface area contributed by atoms with Gasteiger partial charge < -0.3 is 15.7 Å². The summed E-state index contributed by atoms with van der Waals surface area (Å²) in [5.41, 5.74) is 0.218. The van der Waals surface area contributed by atoms with Crippen molar-refractivity contribution < 1.29 is 18.3 Å². The molecule has 1 aromatic carbocycles. The first-order valence-corrected chi connectivity index (χ1v) is 7.67. The second-order valence-corrected chi connectivity index (χ2v) is 6.40. The molecular weight excluding hydrogens is 282 g/mol. The maximum Gasteiger partial charge on any atom is 0.242 e. The van der Waals surface area contributed by atoms with E-state index < -0.39 is 22.2 Å². The fraction of sp³-hybridized carbons (Fsp3) is 0.417. The second-order valence-electron chi connectivity index (χ2n) is 4.54. The molecule has 1 amide bonds. The predicted molar refractivity (Wildman–Crippen MR) is 73.7 cm³/mol. The molecule has 4 N–H and O–H groups in total. The molecule has 0 aromatic heterocycles. The van der Waals surface area contributed by atoms with Crippen LogP contribution < -0.4 is 15.4 Å². The lowest BCUT2D eigenvalue weighted by atomic mass is 10.2. The van der Waals surface area contributed by atoms with E-state index in [1.54, 1.807) is 12.1 Å². The van der Waals surface area contributed by atoms with Crippen LogP contribution in [0.25, 0.3) is 0 Å². The molecule has 1 heterocycles. The molecule has 0 spiro atoms. The Morgan fingerprint density at radius 2 is 2.10 bits per heavy atom. The van der Waals surface area contributed by atoms with E-state index in [0.29, 0.717) is 13.0 Å². The number of amides is 1. The monoisotopic (exact) mass is 299 g/mol. The topological polar surface area (TPSA) is 108 Å². The Bertz CT molecular complexity index is 602. The lowest BCUT2D eigenvalue weighted by Gasteiger charge is -2.14. The highest BCUT2D eigenvalue weighted by atomic mass is 32.2. The summed E-state index contributed by atoms with van der Waals surface area (Å²) in [6, 6.07) is 5.64. The smallest absolute Gasteiger partial charge is 0.242 e. The van der Waals surface area contributed by atoms with Crippen LogP contribution in [0.2, 0.25) is 0 Å². The van der Waals surface area contributed by atoms with Crippen LogP contribution in [0, 0.1) is 0 Å². The average molecular weight is 299 g/mol. The zero-order valence-electron chi connectivity index (χ0n) is 11.0. The molecule has 0 aliphatic carbocycles. The highest BCUT2D eigenvalue weighted by Crippen LogP contribution is 2.21. The van der Waals surface area contributed by atoms with Gasteiger partial charge in [-0.05, 0) is 25.6 Å². The van der Waals surface area contributed by atoms with Gasteiger partial charge in [0.1, 0.15) is 4.90 Å². The van der Waals surface area contributed by atoms with Crippen molar-refractivity contribution in [1.82, 2.24) is 10.0 Å². The maximum absolute atomic E-state index is 12.0. The van der Waals surface area contributed by atoms with Crippen molar-refractivity contribution in [2.24, 2.45) is 0 Å². The van der Waals surface area contributed by atoms with Crippen LogP contribution in [0.4, 0.5) is 5.69 Å². The molecule has 2 unspecified atom stereocenters. The highest BCUT2D eigenvalue weighted by Gasteiger charge is 2.29. The van der Waals surface area contributed by atoms with Gasteiger partial charge in [0, 0.05) is 6.54 Å². The van der Waals surface area contributed by atoms with E-state index in [-0.39, 0.29) is 16.5 Å². The third-order valence-corrected chi connectivity index (χ3v) is 4.60. The van der Waals surface area contributed by atoms with Gasteiger partial charge in [-0.25, -0.2) is 13.1 Å². The van der Waals surface area contributed by atoms with Crippen molar-refractivity contribution >= 4 is 21.6 Å². The van der Waals surface area contributed by atoms with Crippen molar-refractivity contribution in [2.75, 3.05) is 18.9 Å². The zero-order chi connectivity index (χ0) is 14.8. The van der Waals surface area contributed by atoms with Crippen LogP contribution >= 0.6 is 0 Å². The average Bonchev–Trinajstić information content (AvgIpc) is 2.86. The molecule has 7 nitrogen and oxygen atoms in total. The van der Waals surface area contributed by atoms with Gasteiger partial charge in [0.05, 0.1) is 17.8 Å². The van der Waals surface area contributed by atoms with Gasteiger partial charge in [0.2, 0.25) is 15.9 Å². The summed E-state index contributed by atoms with van der Waals surface area (Å²) in [5.74, 6) is -0.361. The minimum atomic E-state index is -3.64. The van der Waals surface area contributed by atoms with Crippen LogP contribution in [0.3, 0.4) is 0 Å². The Morgan fingerprint density at radius 3 is 2.70 bits per heavy atom. The molecule has 1 aliphatic heterocycles. The van der Waals surface area contributed by atoms with Gasteiger partial charge in [-0.2, -0.15) is 0 Å². The third-order valence-electron chi connectivity index (χ3n) is 3.13. The SMILES string of the molecule is CNS(=O)(=O)c1ccccc1NC(=O)C1CC(O)CN1. The van der Waals surface area contributed by atoms with E-state index in [1.807, 2.05) is 0 Å². The van der Waals surface area contributed by atoms with Gasteiger partial charge in [-0.1, -0.05) is 12.1 Å². The predicted octanol–water partition coefficient (Wildman–Crippen LogP) is -0.744. The van der Waals surface area contributed by atoms with Crippen molar-refractivity contribution in [1.29, 1.82) is 0 Å². The largest absolute Gasteiger partial charge is 0.392 e. The Labute approximate surface area is 117 Å². The molecule has 110 valence electrons. The summed E-state index contributed by atoms with van der Waals surface area (Å²) in [6.07, 6.45) is -0.241. The number of hydrogen-bond donors (Lipinski definition) is 4. The van der Waals surface area contributed by atoms with Crippen molar-refractivity contribution in [2.45, 2.75) is 23.5 Å². The molecule has 1 saturated heterocycles. The number of aliphatic hydroxyl groups excluding tert-OH is 1. The number of carbonyl (C=O) groups is 1. The van der Waals surface area contributed by atoms with Crippen molar-refractivity contribution in [3.8, 4) is 0 Å². The number of rotatable bonds is 4. The van der Waals surface area contributed by atoms with E-state index in [9.17, 15) is 18.3 Å². The van der Waals surface area contributed by atoms with Gasteiger partial charge in [-0.3, -0.25) is 4.79 Å². The Morgan fingerprint density at radius 1 is 1.40 bits per heavy atom. The molecular formula is C12H17N3O4S. The number of anilines is 1. The van der Waals surface area contributed by atoms with Crippen molar-refractivity contribution in [3.05, 3.63) is 24.3 Å². The molecule has 0 bridgehead atoms. The Balaban J connectivity index is 2.20. The van der Waals surface area contributed by atoms with E-state index in [4.69, 9.17) is 0 Å². The van der Waals surface area contributed by atoms with Gasteiger partial charge in [0.25, 0.3) is 0 Å². The lowest BCUT2D eigenvalue weighted by Crippen LogP contribution is -2.36. The van der Waals surface area contributed by atoms with Gasteiger partial charge >= 0.3 is 0 Å². The van der Waals surface area contributed by atoms with Crippen LogP contribution in [0.15, 0.2) is 29.2 Å². The normalized spacial score (nSPS) is 22.7. The third kappa shape index (κ3) is 3.15. The van der Waals surface area contributed by atoms with E-state index in [1.165, 1.54) is 19.2 Å². The van der Waals surface area contributed by atoms with Crippen LogP contribution in [0.5, 0.6) is 0 Å². The summed E-state index contributed by atoms with van der Waals surface area (Å²) in [4.78, 5) is 12.0.